The molecule has 2 aromatic carbocycles. The van der Waals surface area contributed by atoms with Gasteiger partial charge in [0.15, 0.2) is 0 Å². The Labute approximate surface area is 218 Å². The maximum absolute atomic E-state index is 13.1. The van der Waals surface area contributed by atoms with E-state index in [0.29, 0.717) is 17.8 Å². The third kappa shape index (κ3) is 4.97. The highest BCUT2D eigenvalue weighted by atomic mass is 32.2. The minimum atomic E-state index is -4.62. The molecule has 5 rings (SSSR count). The maximum atomic E-state index is 13.1. The molecule has 0 amide bonds. The fourth-order valence-electron chi connectivity index (χ4n) is 4.39. The molecule has 4 aromatic rings. The first-order valence-electron chi connectivity index (χ1n) is 12.1. The Balaban J connectivity index is 1.35. The van der Waals surface area contributed by atoms with Crippen LogP contribution in [0.4, 0.5) is 19.1 Å². The third-order valence-electron chi connectivity index (χ3n) is 6.60. The molecule has 0 N–H and O–H groups in total. The Hall–Kier alpha value is -3.51. The molecule has 200 valence electrons. The lowest BCUT2D eigenvalue weighted by atomic mass is 9.86. The Kier molecular flexibility index (Phi) is 6.42. The van der Waals surface area contributed by atoms with Crippen molar-refractivity contribution in [3.8, 4) is 11.3 Å². The number of anilines is 1. The summed E-state index contributed by atoms with van der Waals surface area (Å²) >= 11 is 0. The average Bonchev–Trinajstić information content (AvgIpc) is 3.33. The molecule has 38 heavy (non-hydrogen) atoms. The summed E-state index contributed by atoms with van der Waals surface area (Å²) in [7, 11) is -4.08. The first-order valence-corrected chi connectivity index (χ1v) is 13.5. The van der Waals surface area contributed by atoms with E-state index in [-0.39, 0.29) is 36.5 Å². The van der Waals surface area contributed by atoms with Gasteiger partial charge < -0.3 is 4.90 Å². The number of benzene rings is 2. The fourth-order valence-corrected chi connectivity index (χ4v) is 5.86. The van der Waals surface area contributed by atoms with Gasteiger partial charge in [0.1, 0.15) is 0 Å². The van der Waals surface area contributed by atoms with E-state index < -0.39 is 21.8 Å². The number of piperazine rings is 1. The van der Waals surface area contributed by atoms with Crippen molar-refractivity contribution in [2.75, 3.05) is 31.1 Å². The normalized spacial score (nSPS) is 15.8. The van der Waals surface area contributed by atoms with Crippen molar-refractivity contribution in [2.45, 2.75) is 37.3 Å². The average molecular weight is 545 g/mol. The lowest BCUT2D eigenvalue weighted by Crippen LogP contribution is -2.49. The number of nitrogens with zero attached hydrogens (tertiary/aromatic N) is 6. The van der Waals surface area contributed by atoms with Crippen molar-refractivity contribution < 1.29 is 21.6 Å². The SMILES string of the molecule is CC(C)(C)c1ccc(-c2ccnc3nc(N4CCN(S(=O)(=O)c5cccc(C(F)(F)F)c5)CC4)nn23)cc1. The van der Waals surface area contributed by atoms with Crippen molar-refractivity contribution in [2.24, 2.45) is 0 Å². The summed E-state index contributed by atoms with van der Waals surface area (Å²) in [6.07, 6.45) is -2.96. The molecule has 12 heteroatoms. The van der Waals surface area contributed by atoms with Crippen LogP contribution in [-0.4, -0.2) is 58.5 Å². The second-order valence-electron chi connectivity index (χ2n) is 10.2. The number of sulfonamides is 1. The summed E-state index contributed by atoms with van der Waals surface area (Å²) in [5.41, 5.74) is 2.02. The quantitative estimate of drug-likeness (QED) is 0.373. The van der Waals surface area contributed by atoms with Crippen molar-refractivity contribution in [1.82, 2.24) is 23.9 Å². The monoisotopic (exact) mass is 544 g/mol. The minimum Gasteiger partial charge on any atom is -0.337 e. The number of aromatic nitrogens is 4. The van der Waals surface area contributed by atoms with Crippen LogP contribution >= 0.6 is 0 Å². The molecule has 1 aliphatic rings. The van der Waals surface area contributed by atoms with Gasteiger partial charge >= 0.3 is 6.18 Å². The van der Waals surface area contributed by atoms with Crippen molar-refractivity contribution in [3.63, 3.8) is 0 Å². The zero-order valence-electron chi connectivity index (χ0n) is 21.1. The standard InChI is InChI=1S/C26H27F3N6O2S/c1-25(2,3)19-9-7-18(8-10-19)22-11-12-30-23-31-24(32-35(22)23)33-13-15-34(16-14-33)38(36,37)21-6-4-5-20(17-21)26(27,28)29/h4-12,17H,13-16H2,1-3H3. The third-order valence-corrected chi connectivity index (χ3v) is 8.49. The lowest BCUT2D eigenvalue weighted by Gasteiger charge is -2.33. The summed E-state index contributed by atoms with van der Waals surface area (Å²) in [4.78, 5) is 10.3. The summed E-state index contributed by atoms with van der Waals surface area (Å²) in [6.45, 7) is 7.20. The molecule has 0 radical (unpaired) electrons. The van der Waals surface area contributed by atoms with Crippen LogP contribution in [0.3, 0.4) is 0 Å². The van der Waals surface area contributed by atoms with Gasteiger partial charge in [-0.3, -0.25) is 0 Å². The van der Waals surface area contributed by atoms with Crippen LogP contribution in [0, 0.1) is 0 Å². The Bertz CT molecular complexity index is 1570. The molecule has 3 heterocycles. The van der Waals surface area contributed by atoms with Gasteiger partial charge in [-0.1, -0.05) is 51.1 Å². The molecule has 2 aromatic heterocycles. The van der Waals surface area contributed by atoms with Gasteiger partial charge in [-0.2, -0.15) is 27.0 Å². The second-order valence-corrected chi connectivity index (χ2v) is 12.1. The Morgan fingerprint density at radius 2 is 1.55 bits per heavy atom. The summed E-state index contributed by atoms with van der Waals surface area (Å²) < 4.78 is 68.2. The van der Waals surface area contributed by atoms with E-state index in [0.717, 1.165) is 23.4 Å². The van der Waals surface area contributed by atoms with E-state index in [4.69, 9.17) is 0 Å². The fraction of sp³-hybridized carbons (Fsp3) is 0.346. The maximum Gasteiger partial charge on any atom is 0.416 e. The van der Waals surface area contributed by atoms with Crippen LogP contribution in [-0.2, 0) is 21.6 Å². The Morgan fingerprint density at radius 1 is 0.868 bits per heavy atom. The minimum absolute atomic E-state index is 0.0310. The molecular weight excluding hydrogens is 517 g/mol. The van der Waals surface area contributed by atoms with E-state index >= 15 is 0 Å². The van der Waals surface area contributed by atoms with E-state index in [1.54, 1.807) is 10.7 Å². The number of alkyl halides is 3. The second kappa shape index (κ2) is 9.35. The van der Waals surface area contributed by atoms with E-state index in [1.165, 1.54) is 15.9 Å². The molecule has 1 aliphatic heterocycles. The number of rotatable bonds is 4. The number of halogens is 3. The predicted octanol–water partition coefficient (Wildman–Crippen LogP) is 4.62. The first kappa shape index (κ1) is 26.1. The van der Waals surface area contributed by atoms with Gasteiger partial charge in [-0.25, -0.2) is 13.4 Å². The van der Waals surface area contributed by atoms with Gasteiger partial charge in [-0.05, 0) is 35.2 Å². The molecule has 1 fully saturated rings. The molecule has 0 atom stereocenters. The van der Waals surface area contributed by atoms with Gasteiger partial charge in [0.2, 0.25) is 16.0 Å². The van der Waals surface area contributed by atoms with Gasteiger partial charge in [-0.15, -0.1) is 5.10 Å². The molecule has 0 bridgehead atoms. The van der Waals surface area contributed by atoms with Crippen LogP contribution in [0.15, 0.2) is 65.7 Å². The number of fused-ring (bicyclic) bond motifs is 1. The van der Waals surface area contributed by atoms with Crippen molar-refractivity contribution in [1.29, 1.82) is 0 Å². The van der Waals surface area contributed by atoms with Crippen LogP contribution in [0.25, 0.3) is 17.0 Å². The van der Waals surface area contributed by atoms with Gasteiger partial charge in [0.25, 0.3) is 5.78 Å². The van der Waals surface area contributed by atoms with Gasteiger partial charge in [0, 0.05) is 37.9 Å². The van der Waals surface area contributed by atoms with Crippen LogP contribution in [0.1, 0.15) is 31.9 Å². The zero-order valence-corrected chi connectivity index (χ0v) is 22.0. The smallest absolute Gasteiger partial charge is 0.337 e. The summed E-state index contributed by atoms with van der Waals surface area (Å²) in [5.74, 6) is 0.823. The molecule has 0 spiro atoms. The summed E-state index contributed by atoms with van der Waals surface area (Å²) in [5, 5.41) is 4.64. The molecule has 8 nitrogen and oxygen atoms in total. The topological polar surface area (TPSA) is 83.7 Å². The lowest BCUT2D eigenvalue weighted by molar-refractivity contribution is -0.137. The first-order chi connectivity index (χ1) is 17.8. The summed E-state index contributed by atoms with van der Waals surface area (Å²) in [6, 6.07) is 13.9. The highest BCUT2D eigenvalue weighted by molar-refractivity contribution is 7.89. The van der Waals surface area contributed by atoms with E-state index in [2.05, 4.69) is 48.0 Å². The van der Waals surface area contributed by atoms with Gasteiger partial charge in [0.05, 0.1) is 16.2 Å². The molecule has 0 saturated carbocycles. The highest BCUT2D eigenvalue weighted by Crippen LogP contribution is 2.32. The van der Waals surface area contributed by atoms with Crippen molar-refractivity contribution >= 4 is 21.7 Å². The molecule has 0 aliphatic carbocycles. The van der Waals surface area contributed by atoms with Crippen LogP contribution in [0.2, 0.25) is 0 Å². The van der Waals surface area contributed by atoms with Crippen molar-refractivity contribution in [3.05, 3.63) is 71.9 Å². The largest absolute Gasteiger partial charge is 0.416 e. The zero-order chi connectivity index (χ0) is 27.3. The predicted molar refractivity (Wildman–Crippen MR) is 137 cm³/mol. The molecule has 0 unspecified atom stereocenters. The van der Waals surface area contributed by atoms with Crippen LogP contribution < -0.4 is 4.90 Å². The Morgan fingerprint density at radius 3 is 2.18 bits per heavy atom. The van der Waals surface area contributed by atoms with E-state index in [1.807, 2.05) is 23.1 Å². The van der Waals surface area contributed by atoms with E-state index in [9.17, 15) is 21.6 Å². The molecular formula is C26H27F3N6O2S. The van der Waals surface area contributed by atoms with Crippen LogP contribution in [0.5, 0.6) is 0 Å². The highest BCUT2D eigenvalue weighted by Gasteiger charge is 2.34. The number of hydrogen-bond donors (Lipinski definition) is 0. The number of hydrogen-bond acceptors (Lipinski definition) is 6. The molecule has 1 saturated heterocycles.